The van der Waals surface area contributed by atoms with Crippen LogP contribution >= 0.6 is 11.3 Å². The van der Waals surface area contributed by atoms with Gasteiger partial charge in [-0.05, 0) is 39.7 Å². The average Bonchev–Trinajstić information content (AvgIpc) is 3.52. The van der Waals surface area contributed by atoms with E-state index in [0.717, 1.165) is 48.7 Å². The van der Waals surface area contributed by atoms with Gasteiger partial charge in [0, 0.05) is 46.1 Å². The lowest BCUT2D eigenvalue weighted by Gasteiger charge is -2.21. The van der Waals surface area contributed by atoms with Gasteiger partial charge in [-0.1, -0.05) is 78.2 Å². The zero-order chi connectivity index (χ0) is 30.3. The maximum absolute atomic E-state index is 12.8. The molecule has 220 valence electrons. The summed E-state index contributed by atoms with van der Waals surface area (Å²) in [6, 6.07) is 1.59. The Hall–Kier alpha value is -3.13. The molecular formula is C32H45F2N3O2S. The Bertz CT molecular complexity index is 1280. The minimum Gasteiger partial charge on any atom is -0.364 e. The average molecular weight is 574 g/mol. The number of H-pyrrole nitrogens is 2. The number of Topliss-reactive ketones (excluding diaryl/α,β-unsaturated/α-hetero) is 1. The zero-order valence-electron chi connectivity index (χ0n) is 25.0. The van der Waals surface area contributed by atoms with E-state index in [-0.39, 0.29) is 11.3 Å². The van der Waals surface area contributed by atoms with Crippen LogP contribution in [-0.4, -0.2) is 26.7 Å². The SMILES string of the molecule is C=C/C=C\c1c(-c2csc(-c3cc(C(C)=O)c[nH]c3=O)n2)c[nH]c1C.CCC.CCCCCC(CC)C(C)(F)F. The molecule has 8 heteroatoms. The monoisotopic (exact) mass is 573 g/mol. The number of aromatic amines is 2. The van der Waals surface area contributed by atoms with E-state index < -0.39 is 11.8 Å². The molecule has 1 unspecified atom stereocenters. The van der Waals surface area contributed by atoms with Gasteiger partial charge in [0.15, 0.2) is 5.78 Å². The standard InChI is InChI=1S/C19H17N3O2S.C10H20F2.C3H8/c1-4-5-6-14-11(2)20-9-16(14)17-10-25-19(22-17)15-7-13(12(3)23)8-21-18(15)24;1-4-6-7-8-9(5-2)10(3,11)12;1-3-2/h4-10,20H,1H2,2-3H3,(H,21,24);9H,4-8H2,1-3H3;3H2,1-2H3/b6-5-;;. The summed E-state index contributed by atoms with van der Waals surface area (Å²) in [4.78, 5) is 34.1. The van der Waals surface area contributed by atoms with Crippen LogP contribution in [0.2, 0.25) is 0 Å². The highest BCUT2D eigenvalue weighted by Gasteiger charge is 2.31. The molecule has 2 N–H and O–H groups in total. The molecule has 0 aliphatic heterocycles. The highest BCUT2D eigenvalue weighted by atomic mass is 32.1. The number of aryl methyl sites for hydroxylation is 1. The van der Waals surface area contributed by atoms with Crippen LogP contribution in [0.15, 0.2) is 47.4 Å². The predicted molar refractivity (Wildman–Crippen MR) is 166 cm³/mol. The van der Waals surface area contributed by atoms with E-state index in [4.69, 9.17) is 0 Å². The number of nitrogens with zero attached hydrogens (tertiary/aromatic N) is 1. The third-order valence-corrected chi connectivity index (χ3v) is 7.09. The third kappa shape index (κ3) is 10.8. The molecule has 3 heterocycles. The van der Waals surface area contributed by atoms with E-state index in [1.165, 1.54) is 30.9 Å². The molecule has 5 nitrogen and oxygen atoms in total. The second kappa shape index (κ2) is 17.5. The predicted octanol–water partition coefficient (Wildman–Crippen LogP) is 9.87. The fraction of sp³-hybridized carbons (Fsp3) is 0.469. The smallest absolute Gasteiger partial charge is 0.258 e. The van der Waals surface area contributed by atoms with E-state index in [1.807, 2.05) is 37.6 Å². The van der Waals surface area contributed by atoms with Gasteiger partial charge in [-0.2, -0.15) is 0 Å². The van der Waals surface area contributed by atoms with Crippen molar-refractivity contribution in [1.82, 2.24) is 15.0 Å². The summed E-state index contributed by atoms with van der Waals surface area (Å²) in [7, 11) is 0. The molecule has 40 heavy (non-hydrogen) atoms. The summed E-state index contributed by atoms with van der Waals surface area (Å²) >= 11 is 1.37. The van der Waals surface area contributed by atoms with Gasteiger partial charge < -0.3 is 9.97 Å². The summed E-state index contributed by atoms with van der Waals surface area (Å²) in [6.45, 7) is 16.4. The van der Waals surface area contributed by atoms with Crippen LogP contribution in [-0.2, 0) is 0 Å². The number of halogens is 2. The molecule has 0 aliphatic rings. The minimum atomic E-state index is -2.48. The van der Waals surface area contributed by atoms with Crippen molar-refractivity contribution in [3.05, 3.63) is 69.7 Å². The number of carbonyl (C=O) groups excluding carboxylic acids is 1. The number of carbonyl (C=O) groups is 1. The number of nitrogens with one attached hydrogen (secondary N) is 2. The Balaban J connectivity index is 0.000000449. The zero-order valence-corrected chi connectivity index (χ0v) is 25.8. The number of allylic oxidation sites excluding steroid dienone is 2. The van der Waals surface area contributed by atoms with Crippen LogP contribution in [0.3, 0.4) is 0 Å². The van der Waals surface area contributed by atoms with Gasteiger partial charge >= 0.3 is 0 Å². The van der Waals surface area contributed by atoms with E-state index in [0.29, 0.717) is 29.0 Å². The Kier molecular flexibility index (Phi) is 15.3. The van der Waals surface area contributed by atoms with Crippen molar-refractivity contribution >= 4 is 23.2 Å². The normalized spacial score (nSPS) is 11.8. The van der Waals surface area contributed by atoms with E-state index in [9.17, 15) is 18.4 Å². The molecule has 0 radical (unpaired) electrons. The molecule has 0 aromatic carbocycles. The van der Waals surface area contributed by atoms with Crippen LogP contribution in [0.25, 0.3) is 27.9 Å². The van der Waals surface area contributed by atoms with Crippen LogP contribution in [0.1, 0.15) is 102 Å². The Morgan fingerprint density at radius 3 is 2.38 bits per heavy atom. The highest BCUT2D eigenvalue weighted by Crippen LogP contribution is 2.32. The molecule has 3 aromatic rings. The maximum atomic E-state index is 12.8. The molecule has 3 rings (SSSR count). The number of ketones is 1. The van der Waals surface area contributed by atoms with Gasteiger partial charge in [-0.3, -0.25) is 9.59 Å². The number of unbranched alkanes of at least 4 members (excludes halogenated alkanes) is 2. The largest absolute Gasteiger partial charge is 0.364 e. The second-order valence-corrected chi connectivity index (χ2v) is 10.7. The number of hydrogen-bond donors (Lipinski definition) is 2. The molecule has 0 saturated carbocycles. The third-order valence-electron chi connectivity index (χ3n) is 6.21. The molecule has 0 fully saturated rings. The molecule has 0 spiro atoms. The van der Waals surface area contributed by atoms with Gasteiger partial charge in [-0.25, -0.2) is 13.8 Å². The number of alkyl halides is 2. The van der Waals surface area contributed by atoms with Crippen LogP contribution < -0.4 is 5.56 Å². The molecule has 0 saturated heterocycles. The first kappa shape index (κ1) is 34.9. The van der Waals surface area contributed by atoms with Gasteiger partial charge in [0.2, 0.25) is 5.92 Å². The summed E-state index contributed by atoms with van der Waals surface area (Å²) in [5.74, 6) is -3.00. The number of thiazole rings is 1. The van der Waals surface area contributed by atoms with Crippen molar-refractivity contribution < 1.29 is 13.6 Å². The summed E-state index contributed by atoms with van der Waals surface area (Å²) in [5.41, 5.74) is 4.39. The fourth-order valence-electron chi connectivity index (χ4n) is 3.95. The van der Waals surface area contributed by atoms with E-state index in [2.05, 4.69) is 42.3 Å². The van der Waals surface area contributed by atoms with Crippen LogP contribution in [0.4, 0.5) is 8.78 Å². The van der Waals surface area contributed by atoms with E-state index in [1.54, 1.807) is 12.1 Å². The molecule has 3 aromatic heterocycles. The first-order chi connectivity index (χ1) is 18.9. The lowest BCUT2D eigenvalue weighted by Crippen LogP contribution is -2.23. The highest BCUT2D eigenvalue weighted by molar-refractivity contribution is 7.13. The number of rotatable bonds is 11. The van der Waals surface area contributed by atoms with Crippen LogP contribution in [0.5, 0.6) is 0 Å². The second-order valence-electron chi connectivity index (χ2n) is 9.83. The molecule has 0 aliphatic carbocycles. The molecule has 0 bridgehead atoms. The minimum absolute atomic E-state index is 0.104. The molecule has 1 atom stereocenters. The summed E-state index contributed by atoms with van der Waals surface area (Å²) in [5, 5.41) is 2.49. The Morgan fingerprint density at radius 2 is 1.82 bits per heavy atom. The fourth-order valence-corrected chi connectivity index (χ4v) is 4.79. The van der Waals surface area contributed by atoms with Crippen molar-refractivity contribution in [2.24, 2.45) is 5.92 Å². The Morgan fingerprint density at radius 1 is 1.15 bits per heavy atom. The first-order valence-corrected chi connectivity index (χ1v) is 14.9. The number of hydrogen-bond acceptors (Lipinski definition) is 4. The topological polar surface area (TPSA) is 78.6 Å². The molecular weight excluding hydrogens is 528 g/mol. The van der Waals surface area contributed by atoms with Crippen molar-refractivity contribution in [3.63, 3.8) is 0 Å². The Labute approximate surface area is 241 Å². The summed E-state index contributed by atoms with van der Waals surface area (Å²) in [6.07, 6.45) is 14.5. The lowest BCUT2D eigenvalue weighted by atomic mass is 9.93. The summed E-state index contributed by atoms with van der Waals surface area (Å²) < 4.78 is 25.6. The quantitative estimate of drug-likeness (QED) is 0.136. The lowest BCUT2D eigenvalue weighted by molar-refractivity contribution is -0.0449. The van der Waals surface area contributed by atoms with Gasteiger partial charge in [0.05, 0.1) is 11.3 Å². The van der Waals surface area contributed by atoms with Gasteiger partial charge in [-0.15, -0.1) is 11.3 Å². The van der Waals surface area contributed by atoms with E-state index >= 15 is 0 Å². The van der Waals surface area contributed by atoms with Gasteiger partial charge in [0.1, 0.15) is 5.01 Å². The van der Waals surface area contributed by atoms with Crippen molar-refractivity contribution in [3.8, 4) is 21.8 Å². The number of pyridine rings is 1. The van der Waals surface area contributed by atoms with Gasteiger partial charge in [0.25, 0.3) is 5.56 Å². The first-order valence-electron chi connectivity index (χ1n) is 14.0. The van der Waals surface area contributed by atoms with Crippen LogP contribution in [0, 0.1) is 12.8 Å². The van der Waals surface area contributed by atoms with Crippen molar-refractivity contribution in [2.45, 2.75) is 92.9 Å². The maximum Gasteiger partial charge on any atom is 0.258 e. The van der Waals surface area contributed by atoms with Crippen molar-refractivity contribution in [2.75, 3.05) is 0 Å². The molecule has 0 amide bonds. The number of aromatic nitrogens is 3. The van der Waals surface area contributed by atoms with Crippen molar-refractivity contribution in [1.29, 1.82) is 0 Å².